The van der Waals surface area contributed by atoms with Crippen molar-refractivity contribution in [2.75, 3.05) is 6.61 Å². The van der Waals surface area contributed by atoms with Crippen molar-refractivity contribution in [3.63, 3.8) is 0 Å². The van der Waals surface area contributed by atoms with E-state index in [9.17, 15) is 4.79 Å². The zero-order valence-corrected chi connectivity index (χ0v) is 16.6. The predicted octanol–water partition coefficient (Wildman–Crippen LogP) is 6.45. The number of carbonyl (C=O) groups is 1. The molecule has 0 unspecified atom stereocenters. The number of hydrogen-bond acceptors (Lipinski definition) is 2. The largest absolute Gasteiger partial charge is 0.462 e. The predicted molar refractivity (Wildman–Crippen MR) is 100 cm³/mol. The van der Waals surface area contributed by atoms with E-state index in [2.05, 4.69) is 20.4 Å². The second kappa shape index (κ2) is 13.2. The Morgan fingerprint density at radius 1 is 0.955 bits per heavy atom. The highest BCUT2D eigenvalue weighted by Gasteiger charge is 2.27. The molecule has 0 saturated carbocycles. The lowest BCUT2D eigenvalue weighted by atomic mass is 10.1. The summed E-state index contributed by atoms with van der Waals surface area (Å²) in [5.74, 6) is -0.268. The highest BCUT2D eigenvalue weighted by atomic mass is 35.6. The lowest BCUT2D eigenvalue weighted by Crippen LogP contribution is -2.25. The van der Waals surface area contributed by atoms with Gasteiger partial charge in [0.15, 0.2) is 7.38 Å². The Balaban J connectivity index is 3.53. The summed E-state index contributed by atoms with van der Waals surface area (Å²) < 4.78 is 5.08. The molecule has 0 radical (unpaired) electrons. The van der Waals surface area contributed by atoms with Crippen LogP contribution >= 0.6 is 11.1 Å². The summed E-state index contributed by atoms with van der Waals surface area (Å²) in [6.45, 7) is 10.3. The van der Waals surface area contributed by atoms with Crippen LogP contribution in [0.1, 0.15) is 72.1 Å². The highest BCUT2D eigenvalue weighted by Crippen LogP contribution is 2.30. The lowest BCUT2D eigenvalue weighted by molar-refractivity contribution is -0.139. The Hall–Kier alpha value is -0.283. The van der Waals surface area contributed by atoms with Crippen molar-refractivity contribution in [3.8, 4) is 0 Å². The second-order valence-corrected chi connectivity index (χ2v) is 12.6. The van der Waals surface area contributed by atoms with Crippen LogP contribution in [-0.4, -0.2) is 20.0 Å². The fourth-order valence-corrected chi connectivity index (χ4v) is 7.77. The topological polar surface area (TPSA) is 26.3 Å². The Labute approximate surface area is 143 Å². The van der Waals surface area contributed by atoms with Crippen molar-refractivity contribution in [1.82, 2.24) is 0 Å². The van der Waals surface area contributed by atoms with Crippen molar-refractivity contribution in [2.45, 2.75) is 90.3 Å². The molecule has 0 aromatic rings. The number of carbonyl (C=O) groups excluding carboxylic acids is 1. The smallest absolute Gasteiger partial charge is 0.333 e. The third-order valence-electron chi connectivity index (χ3n) is 4.00. The molecule has 0 aromatic heterocycles. The molecule has 0 heterocycles. The van der Waals surface area contributed by atoms with Gasteiger partial charge in [0, 0.05) is 5.57 Å². The molecule has 0 atom stereocenters. The third-order valence-corrected chi connectivity index (χ3v) is 9.74. The molecule has 0 bridgehead atoms. The molecule has 0 rings (SSSR count). The van der Waals surface area contributed by atoms with Crippen LogP contribution in [0.4, 0.5) is 0 Å². The van der Waals surface area contributed by atoms with Crippen LogP contribution in [-0.2, 0) is 9.53 Å². The van der Waals surface area contributed by atoms with E-state index in [-0.39, 0.29) is 5.97 Å². The number of esters is 1. The molecule has 0 saturated heterocycles. The maximum atomic E-state index is 11.2. The molecule has 4 heteroatoms. The van der Waals surface area contributed by atoms with Crippen molar-refractivity contribution in [3.05, 3.63) is 12.2 Å². The summed E-state index contributed by atoms with van der Waals surface area (Å²) in [5, 5.41) is 0. The summed E-state index contributed by atoms with van der Waals surface area (Å²) in [6, 6.07) is 3.83. The average molecular weight is 347 g/mol. The minimum absolute atomic E-state index is 0.268. The van der Waals surface area contributed by atoms with Gasteiger partial charge in [-0.15, -0.1) is 0 Å². The molecule has 2 nitrogen and oxygen atoms in total. The Kier molecular flexibility index (Phi) is 13.0. The first kappa shape index (κ1) is 21.7. The van der Waals surface area contributed by atoms with Crippen LogP contribution in [0.25, 0.3) is 0 Å². The van der Waals surface area contributed by atoms with Crippen molar-refractivity contribution in [2.24, 2.45) is 0 Å². The molecule has 130 valence electrons. The normalized spacial score (nSPS) is 11.5. The molecular weight excluding hydrogens is 312 g/mol. The third kappa shape index (κ3) is 11.3. The summed E-state index contributed by atoms with van der Waals surface area (Å²) in [4.78, 5) is 11.2. The second-order valence-electron chi connectivity index (χ2n) is 6.44. The van der Waals surface area contributed by atoms with Gasteiger partial charge in [0.2, 0.25) is 0 Å². The first-order chi connectivity index (χ1) is 10.4. The van der Waals surface area contributed by atoms with E-state index in [1.54, 1.807) is 6.92 Å². The quantitative estimate of drug-likeness (QED) is 0.119. The minimum atomic E-state index is -1.45. The molecule has 0 fully saturated rings. The molecule has 0 aliphatic rings. The summed E-state index contributed by atoms with van der Waals surface area (Å²) in [5.41, 5.74) is 0.480. The van der Waals surface area contributed by atoms with Gasteiger partial charge in [-0.2, -0.15) is 11.1 Å². The maximum absolute atomic E-state index is 11.2. The molecule has 0 aliphatic carbocycles. The molecule has 0 amide bonds. The fourth-order valence-electron chi connectivity index (χ4n) is 2.81. The Bertz CT molecular complexity index is 312. The van der Waals surface area contributed by atoms with Gasteiger partial charge in [-0.05, 0) is 31.5 Å². The van der Waals surface area contributed by atoms with Crippen molar-refractivity contribution in [1.29, 1.82) is 0 Å². The number of halogens is 1. The van der Waals surface area contributed by atoms with Crippen LogP contribution in [0.5, 0.6) is 0 Å². The van der Waals surface area contributed by atoms with E-state index in [1.807, 2.05) is 0 Å². The standard InChI is InChI=1S/C18H35ClO2Si/c1-5-14-22(19,15-6-2)16-12-10-8-7-9-11-13-21-18(20)17(3)4/h3,5-16H2,1-2,4H3. The van der Waals surface area contributed by atoms with Crippen LogP contribution in [0.15, 0.2) is 12.2 Å². The van der Waals surface area contributed by atoms with E-state index in [0.717, 1.165) is 12.8 Å². The first-order valence-corrected chi connectivity index (χ1v) is 12.6. The van der Waals surface area contributed by atoms with Gasteiger partial charge in [-0.3, -0.25) is 0 Å². The van der Waals surface area contributed by atoms with Crippen LogP contribution < -0.4 is 0 Å². The fraction of sp³-hybridized carbons (Fsp3) is 0.833. The van der Waals surface area contributed by atoms with Crippen molar-refractivity contribution < 1.29 is 9.53 Å². The number of hydrogen-bond donors (Lipinski definition) is 0. The van der Waals surface area contributed by atoms with E-state index in [4.69, 9.17) is 15.8 Å². The van der Waals surface area contributed by atoms with E-state index < -0.39 is 7.38 Å². The van der Waals surface area contributed by atoms with Gasteiger partial charge in [-0.25, -0.2) is 4.79 Å². The van der Waals surface area contributed by atoms with Gasteiger partial charge < -0.3 is 4.74 Å². The minimum Gasteiger partial charge on any atom is -0.462 e. The van der Waals surface area contributed by atoms with Crippen LogP contribution in [0.2, 0.25) is 18.1 Å². The number of unbranched alkanes of at least 4 members (excludes halogenated alkanes) is 5. The average Bonchev–Trinajstić information content (AvgIpc) is 2.45. The Morgan fingerprint density at radius 2 is 1.45 bits per heavy atom. The van der Waals surface area contributed by atoms with Crippen LogP contribution in [0.3, 0.4) is 0 Å². The molecule has 0 spiro atoms. The molecular formula is C18H35ClO2Si. The first-order valence-electron chi connectivity index (χ1n) is 8.96. The highest BCUT2D eigenvalue weighted by molar-refractivity contribution is 7.20. The van der Waals surface area contributed by atoms with E-state index in [1.165, 1.54) is 56.7 Å². The molecule has 22 heavy (non-hydrogen) atoms. The maximum Gasteiger partial charge on any atom is 0.333 e. The monoisotopic (exact) mass is 346 g/mol. The zero-order valence-electron chi connectivity index (χ0n) is 14.9. The van der Waals surface area contributed by atoms with Gasteiger partial charge in [0.1, 0.15) is 0 Å². The molecule has 0 N–H and O–H groups in total. The Morgan fingerprint density at radius 3 is 1.95 bits per heavy atom. The number of rotatable bonds is 14. The van der Waals surface area contributed by atoms with E-state index >= 15 is 0 Å². The summed E-state index contributed by atoms with van der Waals surface area (Å²) in [6.07, 6.45) is 9.64. The molecule has 0 aliphatic heterocycles. The van der Waals surface area contributed by atoms with E-state index in [0.29, 0.717) is 12.2 Å². The SMILES string of the molecule is C=C(C)C(=O)OCCCCCCCC[Si](Cl)(CCC)CCC. The van der Waals surface area contributed by atoms with Crippen molar-refractivity contribution >= 4 is 24.4 Å². The van der Waals surface area contributed by atoms with Gasteiger partial charge in [-0.1, -0.05) is 65.4 Å². The number of ether oxygens (including phenoxy) is 1. The van der Waals surface area contributed by atoms with Gasteiger partial charge >= 0.3 is 5.97 Å². The van der Waals surface area contributed by atoms with Crippen LogP contribution in [0, 0.1) is 0 Å². The lowest BCUT2D eigenvalue weighted by Gasteiger charge is -2.23. The summed E-state index contributed by atoms with van der Waals surface area (Å²) in [7, 11) is -1.45. The van der Waals surface area contributed by atoms with Gasteiger partial charge in [0.05, 0.1) is 6.61 Å². The summed E-state index contributed by atoms with van der Waals surface area (Å²) >= 11 is 6.86. The molecule has 0 aromatic carbocycles. The van der Waals surface area contributed by atoms with Gasteiger partial charge in [0.25, 0.3) is 0 Å². The zero-order chi connectivity index (χ0) is 16.8.